The Morgan fingerprint density at radius 3 is 2.84 bits per heavy atom. The van der Waals surface area contributed by atoms with Gasteiger partial charge in [-0.25, -0.2) is 8.78 Å². The number of aliphatic hydroxyl groups is 1. The fourth-order valence-corrected chi connectivity index (χ4v) is 1.70. The van der Waals surface area contributed by atoms with Crippen molar-refractivity contribution in [1.29, 1.82) is 0 Å². The van der Waals surface area contributed by atoms with Crippen molar-refractivity contribution in [3.05, 3.63) is 47.8 Å². The van der Waals surface area contributed by atoms with Gasteiger partial charge < -0.3 is 10.4 Å². The predicted molar refractivity (Wildman–Crippen MR) is 67.8 cm³/mol. The van der Waals surface area contributed by atoms with E-state index in [-0.39, 0.29) is 24.3 Å². The van der Waals surface area contributed by atoms with E-state index in [9.17, 15) is 13.9 Å². The lowest BCUT2D eigenvalue weighted by molar-refractivity contribution is 0.161. The fourth-order valence-electron chi connectivity index (χ4n) is 1.70. The molecule has 0 spiro atoms. The van der Waals surface area contributed by atoms with E-state index in [1.807, 2.05) is 0 Å². The Bertz CT molecular complexity index is 543. The van der Waals surface area contributed by atoms with Crippen LogP contribution in [-0.4, -0.2) is 27.5 Å². The summed E-state index contributed by atoms with van der Waals surface area (Å²) < 4.78 is 28.4. The first kappa shape index (κ1) is 13.5. The molecule has 0 bridgehead atoms. The Kier molecular flexibility index (Phi) is 4.11. The summed E-state index contributed by atoms with van der Waals surface area (Å²) in [7, 11) is 0. The molecule has 0 aliphatic rings. The number of halogens is 2. The van der Waals surface area contributed by atoms with Crippen LogP contribution in [0.15, 0.2) is 30.6 Å². The molecule has 0 amide bonds. The molecule has 0 aliphatic heterocycles. The average Bonchev–Trinajstić information content (AvgIpc) is 2.85. The molecule has 1 aromatic carbocycles. The number of benzene rings is 1. The molecule has 0 aliphatic carbocycles. The summed E-state index contributed by atoms with van der Waals surface area (Å²) in [5.41, 5.74) is 0.294. The van der Waals surface area contributed by atoms with E-state index in [4.69, 9.17) is 0 Å². The SMILES string of the molecule is Cc1cc(F)c(NCC(O)Cn2cccn2)cc1F. The van der Waals surface area contributed by atoms with Crippen molar-refractivity contribution >= 4 is 5.69 Å². The van der Waals surface area contributed by atoms with Crippen LogP contribution in [0.25, 0.3) is 0 Å². The van der Waals surface area contributed by atoms with Gasteiger partial charge in [0.05, 0.1) is 18.3 Å². The van der Waals surface area contributed by atoms with Gasteiger partial charge in [-0.15, -0.1) is 0 Å². The largest absolute Gasteiger partial charge is 0.389 e. The van der Waals surface area contributed by atoms with Gasteiger partial charge in [-0.1, -0.05) is 0 Å². The molecule has 2 aromatic rings. The van der Waals surface area contributed by atoms with E-state index in [0.717, 1.165) is 12.1 Å². The lowest BCUT2D eigenvalue weighted by Gasteiger charge is -2.14. The predicted octanol–water partition coefficient (Wildman–Crippen LogP) is 1.94. The van der Waals surface area contributed by atoms with Crippen molar-refractivity contribution in [2.24, 2.45) is 0 Å². The third-order valence-electron chi connectivity index (χ3n) is 2.73. The van der Waals surface area contributed by atoms with Crippen molar-refractivity contribution in [1.82, 2.24) is 9.78 Å². The Labute approximate surface area is 109 Å². The van der Waals surface area contributed by atoms with Crippen LogP contribution in [0.5, 0.6) is 0 Å². The zero-order chi connectivity index (χ0) is 13.8. The molecule has 2 rings (SSSR count). The maximum atomic E-state index is 13.5. The third kappa shape index (κ3) is 3.51. The molecular formula is C13H15F2N3O. The Balaban J connectivity index is 1.93. The molecular weight excluding hydrogens is 252 g/mol. The van der Waals surface area contributed by atoms with Crippen molar-refractivity contribution in [3.63, 3.8) is 0 Å². The lowest BCUT2D eigenvalue weighted by atomic mass is 10.2. The molecule has 1 aromatic heterocycles. The zero-order valence-electron chi connectivity index (χ0n) is 10.5. The normalized spacial score (nSPS) is 12.4. The number of aliphatic hydroxyl groups excluding tert-OH is 1. The van der Waals surface area contributed by atoms with E-state index in [2.05, 4.69) is 10.4 Å². The molecule has 0 fully saturated rings. The van der Waals surface area contributed by atoms with Gasteiger partial charge in [-0.05, 0) is 24.6 Å². The summed E-state index contributed by atoms with van der Waals surface area (Å²) in [4.78, 5) is 0. The minimum absolute atomic E-state index is 0.0441. The van der Waals surface area contributed by atoms with Gasteiger partial charge in [0.1, 0.15) is 11.6 Å². The van der Waals surface area contributed by atoms with Gasteiger partial charge in [0, 0.05) is 25.0 Å². The van der Waals surface area contributed by atoms with Crippen LogP contribution in [0.2, 0.25) is 0 Å². The maximum absolute atomic E-state index is 13.5. The first-order chi connectivity index (χ1) is 9.06. The summed E-state index contributed by atoms with van der Waals surface area (Å²) in [6.07, 6.45) is 2.58. The number of hydrogen-bond donors (Lipinski definition) is 2. The molecule has 0 radical (unpaired) electrons. The van der Waals surface area contributed by atoms with E-state index >= 15 is 0 Å². The Hall–Kier alpha value is -1.95. The summed E-state index contributed by atoms with van der Waals surface area (Å²) in [6, 6.07) is 3.96. The topological polar surface area (TPSA) is 50.1 Å². The van der Waals surface area contributed by atoms with Crippen molar-refractivity contribution in [3.8, 4) is 0 Å². The van der Waals surface area contributed by atoms with E-state index in [1.165, 1.54) is 6.92 Å². The van der Waals surface area contributed by atoms with Gasteiger partial charge in [0.25, 0.3) is 0 Å². The van der Waals surface area contributed by atoms with Crippen molar-refractivity contribution in [2.75, 3.05) is 11.9 Å². The van der Waals surface area contributed by atoms with Crippen LogP contribution in [0.1, 0.15) is 5.56 Å². The van der Waals surface area contributed by atoms with Crippen LogP contribution < -0.4 is 5.32 Å². The lowest BCUT2D eigenvalue weighted by Crippen LogP contribution is -2.25. The highest BCUT2D eigenvalue weighted by molar-refractivity contribution is 5.46. The highest BCUT2D eigenvalue weighted by atomic mass is 19.1. The molecule has 1 unspecified atom stereocenters. The Morgan fingerprint density at radius 2 is 2.16 bits per heavy atom. The van der Waals surface area contributed by atoms with Crippen LogP contribution in [-0.2, 0) is 6.54 Å². The number of aryl methyl sites for hydroxylation is 1. The average molecular weight is 267 g/mol. The highest BCUT2D eigenvalue weighted by Gasteiger charge is 2.10. The monoisotopic (exact) mass is 267 g/mol. The minimum Gasteiger partial charge on any atom is -0.389 e. The van der Waals surface area contributed by atoms with Gasteiger partial charge in [0.15, 0.2) is 0 Å². The first-order valence-electron chi connectivity index (χ1n) is 5.91. The van der Waals surface area contributed by atoms with E-state index in [1.54, 1.807) is 23.1 Å². The van der Waals surface area contributed by atoms with E-state index in [0.29, 0.717) is 0 Å². The third-order valence-corrected chi connectivity index (χ3v) is 2.73. The number of anilines is 1. The van der Waals surface area contributed by atoms with Crippen LogP contribution in [0.3, 0.4) is 0 Å². The smallest absolute Gasteiger partial charge is 0.146 e. The number of rotatable bonds is 5. The minimum atomic E-state index is -0.747. The first-order valence-corrected chi connectivity index (χ1v) is 5.91. The second kappa shape index (κ2) is 5.79. The standard InChI is InChI=1S/C13H15F2N3O/c1-9-5-12(15)13(6-11(9)14)16-7-10(19)8-18-4-2-3-17-18/h2-6,10,16,19H,7-8H2,1H3. The number of nitrogens with zero attached hydrogens (tertiary/aromatic N) is 2. The molecule has 6 heteroatoms. The van der Waals surface area contributed by atoms with Gasteiger partial charge in [0.2, 0.25) is 0 Å². The maximum Gasteiger partial charge on any atom is 0.146 e. The zero-order valence-corrected chi connectivity index (χ0v) is 10.5. The number of nitrogens with one attached hydrogen (secondary N) is 1. The van der Waals surface area contributed by atoms with Gasteiger partial charge in [-0.3, -0.25) is 4.68 Å². The quantitative estimate of drug-likeness (QED) is 0.870. The van der Waals surface area contributed by atoms with Crippen molar-refractivity contribution < 1.29 is 13.9 Å². The van der Waals surface area contributed by atoms with Crippen molar-refractivity contribution in [2.45, 2.75) is 19.6 Å². The summed E-state index contributed by atoms with van der Waals surface area (Å²) >= 11 is 0. The second-order valence-corrected chi connectivity index (χ2v) is 4.34. The summed E-state index contributed by atoms with van der Waals surface area (Å²) in [5, 5.41) is 16.4. The van der Waals surface area contributed by atoms with Crippen LogP contribution in [0, 0.1) is 18.6 Å². The summed E-state index contributed by atoms with van der Waals surface area (Å²) in [6.45, 7) is 1.89. The van der Waals surface area contributed by atoms with E-state index < -0.39 is 17.7 Å². The second-order valence-electron chi connectivity index (χ2n) is 4.34. The molecule has 19 heavy (non-hydrogen) atoms. The molecule has 1 atom stereocenters. The molecule has 102 valence electrons. The highest BCUT2D eigenvalue weighted by Crippen LogP contribution is 2.18. The Morgan fingerprint density at radius 1 is 1.37 bits per heavy atom. The molecule has 4 nitrogen and oxygen atoms in total. The van der Waals surface area contributed by atoms with Gasteiger partial charge >= 0.3 is 0 Å². The van der Waals surface area contributed by atoms with Crippen LogP contribution >= 0.6 is 0 Å². The number of aromatic nitrogens is 2. The molecule has 1 heterocycles. The summed E-state index contributed by atoms with van der Waals surface area (Å²) in [5.74, 6) is -1.02. The molecule has 0 saturated heterocycles. The molecule has 0 saturated carbocycles. The van der Waals surface area contributed by atoms with Crippen LogP contribution in [0.4, 0.5) is 14.5 Å². The molecule has 2 N–H and O–H groups in total. The number of hydrogen-bond acceptors (Lipinski definition) is 3. The fraction of sp³-hybridized carbons (Fsp3) is 0.308. The van der Waals surface area contributed by atoms with Gasteiger partial charge in [-0.2, -0.15) is 5.10 Å².